The van der Waals surface area contributed by atoms with Crippen molar-refractivity contribution in [2.45, 2.75) is 2.21 Å². The van der Waals surface area contributed by atoms with Crippen LogP contribution in [0.3, 0.4) is 0 Å². The van der Waals surface area contributed by atoms with Crippen LogP contribution in [0.5, 0.6) is 0 Å². The maximum absolute atomic E-state index is 11.9. The zero-order chi connectivity index (χ0) is 12.6. The van der Waals surface area contributed by atoms with E-state index < -0.39 is 17.8 Å². The number of ketones is 1. The molecule has 0 aliphatic heterocycles. The molecular formula is C9H7Cl2IO3S. The molecule has 0 spiro atoms. The molecule has 0 aliphatic carbocycles. The van der Waals surface area contributed by atoms with E-state index in [0.717, 1.165) is 6.26 Å². The van der Waals surface area contributed by atoms with Gasteiger partial charge in [0.1, 0.15) is 0 Å². The minimum Gasteiger partial charge on any atom is -0.290 e. The van der Waals surface area contributed by atoms with Crippen LogP contribution >= 0.6 is 45.8 Å². The molecule has 0 radical (unpaired) electrons. The second kappa shape index (κ2) is 4.80. The van der Waals surface area contributed by atoms with Crippen molar-refractivity contribution in [3.8, 4) is 0 Å². The molecule has 0 saturated heterocycles. The normalized spacial score (nSPS) is 15.5. The number of carbonyl (C=O) groups is 1. The van der Waals surface area contributed by atoms with Gasteiger partial charge in [-0.05, 0) is 46.9 Å². The van der Waals surface area contributed by atoms with Gasteiger partial charge in [0, 0.05) is 16.8 Å². The number of hydrogen-bond donors (Lipinski definition) is 0. The molecule has 16 heavy (non-hydrogen) atoms. The number of carbonyl (C=O) groups excluding carboxylic acids is 1. The fraction of sp³-hybridized carbons (Fsp3) is 0.222. The molecule has 1 rings (SSSR count). The van der Waals surface area contributed by atoms with Crippen molar-refractivity contribution in [3.05, 3.63) is 34.9 Å². The lowest BCUT2D eigenvalue weighted by molar-refractivity contribution is 0.100. The molecular weight excluding hydrogens is 386 g/mol. The fourth-order valence-electron chi connectivity index (χ4n) is 0.938. The summed E-state index contributed by atoms with van der Waals surface area (Å²) in [4.78, 5) is 11.9. The van der Waals surface area contributed by atoms with Crippen LogP contribution in [0.1, 0.15) is 10.4 Å². The third kappa shape index (κ3) is 2.88. The van der Waals surface area contributed by atoms with Crippen molar-refractivity contribution in [1.29, 1.82) is 0 Å². The summed E-state index contributed by atoms with van der Waals surface area (Å²) in [5.41, 5.74) is 0.208. The smallest absolute Gasteiger partial charge is 0.257 e. The van der Waals surface area contributed by atoms with Crippen molar-refractivity contribution in [1.82, 2.24) is 0 Å². The largest absolute Gasteiger partial charge is 0.290 e. The van der Waals surface area contributed by atoms with E-state index >= 15 is 0 Å². The molecule has 0 unspecified atom stereocenters. The quantitative estimate of drug-likeness (QED) is 0.451. The number of alkyl halides is 2. The van der Waals surface area contributed by atoms with E-state index in [-0.39, 0.29) is 5.56 Å². The molecule has 0 bridgehead atoms. The number of Topliss-reactive ketones (excluding diaryl/α,β-unsaturated/α-hetero) is 1. The van der Waals surface area contributed by atoms with E-state index in [0.29, 0.717) is 5.02 Å². The van der Waals surface area contributed by atoms with Crippen LogP contribution in [-0.2, 0) is 9.84 Å². The van der Waals surface area contributed by atoms with Gasteiger partial charge in [-0.3, -0.25) is 4.79 Å². The Bertz CT molecular complexity index is 508. The van der Waals surface area contributed by atoms with Crippen LogP contribution in [0.2, 0.25) is 5.02 Å². The van der Waals surface area contributed by atoms with E-state index in [1.54, 1.807) is 0 Å². The highest BCUT2D eigenvalue weighted by atomic mass is 127. The predicted octanol–water partition coefficient (Wildman–Crippen LogP) is 2.89. The molecule has 7 heteroatoms. The Hall–Kier alpha value is 0.150. The van der Waals surface area contributed by atoms with Crippen molar-refractivity contribution in [3.63, 3.8) is 0 Å². The summed E-state index contributed by atoms with van der Waals surface area (Å²) in [6, 6.07) is 5.87. The highest BCUT2D eigenvalue weighted by Gasteiger charge is 2.44. The molecule has 1 atom stereocenters. The summed E-state index contributed by atoms with van der Waals surface area (Å²) in [6.07, 6.45) is 0.917. The van der Waals surface area contributed by atoms with Crippen molar-refractivity contribution in [2.24, 2.45) is 0 Å². The van der Waals surface area contributed by atoms with Crippen molar-refractivity contribution >= 4 is 61.4 Å². The van der Waals surface area contributed by atoms with E-state index in [1.165, 1.54) is 46.9 Å². The van der Waals surface area contributed by atoms with E-state index in [9.17, 15) is 13.2 Å². The number of hydrogen-bond acceptors (Lipinski definition) is 3. The summed E-state index contributed by atoms with van der Waals surface area (Å²) in [7, 11) is -3.69. The zero-order valence-electron chi connectivity index (χ0n) is 8.08. The van der Waals surface area contributed by atoms with Crippen LogP contribution in [0, 0.1) is 0 Å². The first kappa shape index (κ1) is 14.2. The average Bonchev–Trinajstić information content (AvgIpc) is 2.16. The number of rotatable bonds is 3. The zero-order valence-corrected chi connectivity index (χ0v) is 12.6. The van der Waals surface area contributed by atoms with Crippen LogP contribution in [0.25, 0.3) is 0 Å². The van der Waals surface area contributed by atoms with Gasteiger partial charge >= 0.3 is 0 Å². The number of benzene rings is 1. The van der Waals surface area contributed by atoms with Crippen LogP contribution in [0.15, 0.2) is 24.3 Å². The summed E-state index contributed by atoms with van der Waals surface area (Å²) in [5.74, 6) is -0.672. The van der Waals surface area contributed by atoms with Gasteiger partial charge in [0.15, 0.2) is 9.84 Å². The highest BCUT2D eigenvalue weighted by Crippen LogP contribution is 2.34. The lowest BCUT2D eigenvalue weighted by Gasteiger charge is -2.16. The number of sulfone groups is 1. The molecule has 0 N–H and O–H groups in total. The third-order valence-electron chi connectivity index (χ3n) is 1.84. The lowest BCUT2D eigenvalue weighted by atomic mass is 10.1. The summed E-state index contributed by atoms with van der Waals surface area (Å²) >= 11 is 12.8. The van der Waals surface area contributed by atoms with E-state index in [4.69, 9.17) is 23.2 Å². The highest BCUT2D eigenvalue weighted by molar-refractivity contribution is 14.1. The first-order valence-electron chi connectivity index (χ1n) is 4.04. The lowest BCUT2D eigenvalue weighted by Crippen LogP contribution is -2.34. The van der Waals surface area contributed by atoms with Gasteiger partial charge < -0.3 is 0 Å². The summed E-state index contributed by atoms with van der Waals surface area (Å²) in [5, 5.41) is 0.463. The minimum atomic E-state index is -3.69. The molecule has 0 fully saturated rings. The Morgan fingerprint density at radius 1 is 1.31 bits per heavy atom. The molecule has 1 aromatic rings. The first-order valence-corrected chi connectivity index (χ1v) is 7.76. The Labute approximate surface area is 117 Å². The molecule has 3 nitrogen and oxygen atoms in total. The topological polar surface area (TPSA) is 51.2 Å². The SMILES string of the molecule is CS(=O)(=O)[C@@](Cl)(I)C(=O)c1ccc(Cl)cc1. The Morgan fingerprint density at radius 3 is 2.12 bits per heavy atom. The molecule has 0 aromatic heterocycles. The maximum atomic E-state index is 11.9. The molecule has 0 heterocycles. The predicted molar refractivity (Wildman–Crippen MR) is 73.2 cm³/mol. The molecule has 0 aliphatic rings. The van der Waals surface area contributed by atoms with Crippen LogP contribution in [0.4, 0.5) is 0 Å². The first-order chi connectivity index (χ1) is 7.16. The monoisotopic (exact) mass is 392 g/mol. The van der Waals surface area contributed by atoms with Crippen molar-refractivity contribution in [2.75, 3.05) is 6.26 Å². The van der Waals surface area contributed by atoms with Gasteiger partial charge in [-0.1, -0.05) is 23.2 Å². The Kier molecular flexibility index (Phi) is 4.26. The fourth-order valence-corrected chi connectivity index (χ4v) is 1.94. The average molecular weight is 393 g/mol. The second-order valence-electron chi connectivity index (χ2n) is 3.12. The van der Waals surface area contributed by atoms with Crippen LogP contribution < -0.4 is 0 Å². The number of halogens is 3. The van der Waals surface area contributed by atoms with Gasteiger partial charge in [-0.25, -0.2) is 8.42 Å². The molecule has 88 valence electrons. The second-order valence-corrected chi connectivity index (χ2v) is 9.50. The van der Waals surface area contributed by atoms with Gasteiger partial charge in [-0.15, -0.1) is 0 Å². The Morgan fingerprint density at radius 2 is 1.75 bits per heavy atom. The standard InChI is InChI=1S/C9H7Cl2IO3S/c1-16(14,15)9(11,12)8(13)6-2-4-7(10)5-3-6/h2-5H,1H3/t9-/m0/s1. The maximum Gasteiger partial charge on any atom is 0.257 e. The van der Waals surface area contributed by atoms with Gasteiger partial charge in [0.2, 0.25) is 5.78 Å². The third-order valence-corrected chi connectivity index (χ3v) is 7.11. The van der Waals surface area contributed by atoms with Gasteiger partial charge in [0.05, 0.1) is 0 Å². The van der Waals surface area contributed by atoms with Crippen molar-refractivity contribution < 1.29 is 13.2 Å². The van der Waals surface area contributed by atoms with Gasteiger partial charge in [-0.2, -0.15) is 0 Å². The van der Waals surface area contributed by atoms with E-state index in [2.05, 4.69) is 0 Å². The Balaban J connectivity index is 3.18. The molecule has 0 amide bonds. The van der Waals surface area contributed by atoms with Gasteiger partial charge in [0.25, 0.3) is 2.21 Å². The molecule has 1 aromatic carbocycles. The van der Waals surface area contributed by atoms with Crippen LogP contribution in [-0.4, -0.2) is 22.7 Å². The summed E-state index contributed by atoms with van der Waals surface area (Å²) < 4.78 is 20.7. The molecule has 0 saturated carbocycles. The summed E-state index contributed by atoms with van der Waals surface area (Å²) in [6.45, 7) is 0. The van der Waals surface area contributed by atoms with E-state index in [1.807, 2.05) is 0 Å². The minimum absolute atomic E-state index is 0.208.